The van der Waals surface area contributed by atoms with Crippen molar-refractivity contribution in [2.45, 2.75) is 40.2 Å². The van der Waals surface area contributed by atoms with Gasteiger partial charge in [-0.3, -0.25) is 5.43 Å². The Morgan fingerprint density at radius 3 is 2.52 bits per heavy atom. The first-order chi connectivity index (χ1) is 11.9. The number of hydrazone groups is 1. The van der Waals surface area contributed by atoms with Crippen LogP contribution in [0.2, 0.25) is 0 Å². The van der Waals surface area contributed by atoms with E-state index in [9.17, 15) is 0 Å². The van der Waals surface area contributed by atoms with E-state index in [1.54, 1.807) is 0 Å². The highest BCUT2D eigenvalue weighted by atomic mass is 15.3. The number of allylic oxidation sites excluding steroid dienone is 1. The van der Waals surface area contributed by atoms with Crippen LogP contribution >= 0.6 is 0 Å². The first kappa shape index (κ1) is 17.3. The van der Waals surface area contributed by atoms with Crippen LogP contribution in [0.1, 0.15) is 44.4 Å². The average molecular weight is 333 g/mol. The third-order valence-corrected chi connectivity index (χ3v) is 4.85. The Morgan fingerprint density at radius 1 is 1.12 bits per heavy atom. The molecule has 1 N–H and O–H groups in total. The fraction of sp³-hybridized carbons (Fsp3) is 0.318. The van der Waals surface area contributed by atoms with E-state index >= 15 is 0 Å². The zero-order chi connectivity index (χ0) is 18.0. The molecule has 0 radical (unpaired) electrons. The molecule has 25 heavy (non-hydrogen) atoms. The number of para-hydroxylation sites is 1. The van der Waals surface area contributed by atoms with Gasteiger partial charge in [-0.2, -0.15) is 5.10 Å². The van der Waals surface area contributed by atoms with Gasteiger partial charge in [0, 0.05) is 17.8 Å². The van der Waals surface area contributed by atoms with Gasteiger partial charge < -0.3 is 4.90 Å². The first-order valence-electron chi connectivity index (χ1n) is 8.88. The van der Waals surface area contributed by atoms with Gasteiger partial charge in [0.1, 0.15) is 0 Å². The molecule has 2 aromatic rings. The lowest BCUT2D eigenvalue weighted by molar-refractivity contribution is 0.566. The van der Waals surface area contributed by atoms with Gasteiger partial charge >= 0.3 is 0 Å². The van der Waals surface area contributed by atoms with Gasteiger partial charge in [0.05, 0.1) is 17.4 Å². The van der Waals surface area contributed by atoms with E-state index in [-0.39, 0.29) is 5.54 Å². The number of hydrogen-bond acceptors (Lipinski definition) is 3. The summed E-state index contributed by atoms with van der Waals surface area (Å²) in [7, 11) is 0. The van der Waals surface area contributed by atoms with Gasteiger partial charge in [0.25, 0.3) is 0 Å². The number of anilines is 2. The zero-order valence-electron chi connectivity index (χ0n) is 15.8. The molecular weight excluding hydrogens is 306 g/mol. The second kappa shape index (κ2) is 6.75. The summed E-state index contributed by atoms with van der Waals surface area (Å²) >= 11 is 0. The Kier molecular flexibility index (Phi) is 4.67. The van der Waals surface area contributed by atoms with Crippen molar-refractivity contribution in [2.24, 2.45) is 5.10 Å². The molecular formula is C22H27N3. The zero-order valence-corrected chi connectivity index (χ0v) is 15.8. The van der Waals surface area contributed by atoms with E-state index in [2.05, 4.69) is 68.3 Å². The van der Waals surface area contributed by atoms with Crippen LogP contribution in [0, 0.1) is 6.92 Å². The second-order valence-electron chi connectivity index (χ2n) is 7.19. The van der Waals surface area contributed by atoms with E-state index in [1.807, 2.05) is 36.5 Å². The Morgan fingerprint density at radius 2 is 1.84 bits per heavy atom. The highest BCUT2D eigenvalue weighted by Gasteiger charge is 2.30. The normalized spacial score (nSPS) is 15.9. The maximum atomic E-state index is 4.41. The van der Waals surface area contributed by atoms with Crippen LogP contribution in [0.4, 0.5) is 11.4 Å². The van der Waals surface area contributed by atoms with Crippen molar-refractivity contribution >= 4 is 23.2 Å². The summed E-state index contributed by atoms with van der Waals surface area (Å²) in [4.78, 5) is 2.46. The maximum absolute atomic E-state index is 4.41. The minimum Gasteiger partial charge on any atom is -0.363 e. The van der Waals surface area contributed by atoms with E-state index < -0.39 is 0 Å². The van der Waals surface area contributed by atoms with Crippen LogP contribution < -0.4 is 10.3 Å². The highest BCUT2D eigenvalue weighted by Crippen LogP contribution is 2.39. The number of fused-ring (bicyclic) bond motifs is 1. The highest BCUT2D eigenvalue weighted by molar-refractivity contribution is 5.89. The predicted molar refractivity (Wildman–Crippen MR) is 110 cm³/mol. The van der Waals surface area contributed by atoms with Crippen molar-refractivity contribution in [1.29, 1.82) is 0 Å². The number of nitrogens with zero attached hydrogens (tertiary/aromatic N) is 2. The quantitative estimate of drug-likeness (QED) is 0.594. The van der Waals surface area contributed by atoms with E-state index in [0.717, 1.165) is 17.8 Å². The number of nitrogens with one attached hydrogen (secondary N) is 1. The number of aryl methyl sites for hydroxylation is 1. The predicted octanol–water partition coefficient (Wildman–Crippen LogP) is 5.46. The molecule has 0 spiro atoms. The van der Waals surface area contributed by atoms with Crippen molar-refractivity contribution < 1.29 is 0 Å². The lowest BCUT2D eigenvalue weighted by Crippen LogP contribution is -2.45. The molecule has 0 unspecified atom stereocenters. The van der Waals surface area contributed by atoms with Crippen molar-refractivity contribution in [3.8, 4) is 0 Å². The van der Waals surface area contributed by atoms with E-state index in [4.69, 9.17) is 0 Å². The summed E-state index contributed by atoms with van der Waals surface area (Å²) in [5, 5.41) is 4.41. The molecule has 0 aliphatic carbocycles. The molecule has 2 aromatic carbocycles. The van der Waals surface area contributed by atoms with Crippen LogP contribution in [0.25, 0.3) is 5.57 Å². The van der Waals surface area contributed by atoms with Crippen LogP contribution in [-0.4, -0.2) is 18.3 Å². The minimum absolute atomic E-state index is 0.0444. The number of benzene rings is 2. The van der Waals surface area contributed by atoms with Gasteiger partial charge in [-0.1, -0.05) is 24.3 Å². The maximum Gasteiger partial charge on any atom is 0.0561 e. The molecule has 3 rings (SSSR count). The van der Waals surface area contributed by atoms with Crippen molar-refractivity contribution in [1.82, 2.24) is 0 Å². The third-order valence-electron chi connectivity index (χ3n) is 4.85. The van der Waals surface area contributed by atoms with Crippen LogP contribution in [0.5, 0.6) is 0 Å². The molecule has 0 atom stereocenters. The summed E-state index contributed by atoms with van der Waals surface area (Å²) in [6.45, 7) is 12.1. The summed E-state index contributed by atoms with van der Waals surface area (Å²) < 4.78 is 0. The molecule has 0 bridgehead atoms. The van der Waals surface area contributed by atoms with Gasteiger partial charge in [-0.25, -0.2) is 0 Å². The SMILES string of the molecule is CCN1c2cc(C)c(/C=N\Nc3ccccc3)cc2C(C)=CC1(C)C. The Balaban J connectivity index is 1.93. The number of rotatable bonds is 4. The minimum atomic E-state index is 0.0444. The fourth-order valence-corrected chi connectivity index (χ4v) is 3.65. The smallest absolute Gasteiger partial charge is 0.0561 e. The largest absolute Gasteiger partial charge is 0.363 e. The summed E-state index contributed by atoms with van der Waals surface area (Å²) in [6.07, 6.45) is 4.27. The number of likely N-dealkylation sites (N-methyl/N-ethyl adjacent to an activating group) is 1. The first-order valence-corrected chi connectivity index (χ1v) is 8.88. The monoisotopic (exact) mass is 333 g/mol. The second-order valence-corrected chi connectivity index (χ2v) is 7.19. The van der Waals surface area contributed by atoms with Gasteiger partial charge in [-0.15, -0.1) is 0 Å². The van der Waals surface area contributed by atoms with Gasteiger partial charge in [-0.05, 0) is 75.6 Å². The van der Waals surface area contributed by atoms with Crippen molar-refractivity contribution in [3.63, 3.8) is 0 Å². The molecule has 0 saturated carbocycles. The molecule has 0 saturated heterocycles. The summed E-state index contributed by atoms with van der Waals surface area (Å²) in [6, 6.07) is 14.6. The molecule has 1 aliphatic rings. The molecule has 1 aliphatic heterocycles. The Hall–Kier alpha value is -2.55. The lowest BCUT2D eigenvalue weighted by Gasteiger charge is -2.43. The van der Waals surface area contributed by atoms with Crippen molar-refractivity contribution in [3.05, 3.63) is 65.2 Å². The molecule has 3 nitrogen and oxygen atoms in total. The third kappa shape index (κ3) is 3.46. The van der Waals surface area contributed by atoms with Crippen molar-refractivity contribution in [2.75, 3.05) is 16.9 Å². The molecule has 3 heteroatoms. The molecule has 130 valence electrons. The molecule has 1 heterocycles. The Bertz CT molecular complexity index is 817. The molecule has 0 fully saturated rings. The summed E-state index contributed by atoms with van der Waals surface area (Å²) in [5.74, 6) is 0. The molecule has 0 amide bonds. The fourth-order valence-electron chi connectivity index (χ4n) is 3.65. The molecule has 0 aromatic heterocycles. The average Bonchev–Trinajstić information content (AvgIpc) is 2.56. The topological polar surface area (TPSA) is 27.6 Å². The van der Waals surface area contributed by atoms with E-state index in [0.29, 0.717) is 0 Å². The Labute approximate surface area is 151 Å². The lowest BCUT2D eigenvalue weighted by atomic mass is 9.87. The van der Waals surface area contributed by atoms with Crippen LogP contribution in [0.15, 0.2) is 53.6 Å². The van der Waals surface area contributed by atoms with Crippen LogP contribution in [-0.2, 0) is 0 Å². The summed E-state index contributed by atoms with van der Waals surface area (Å²) in [5.41, 5.74) is 10.5. The van der Waals surface area contributed by atoms with E-state index in [1.165, 1.54) is 22.4 Å². The standard InChI is InChI=1S/C22H27N3/c1-6-25-21-12-16(2)18(13-20(21)17(3)14-22(25,4)5)15-23-24-19-10-8-7-9-11-19/h7-15,24H,6H2,1-5H3/b23-15-. The van der Waals surface area contributed by atoms with Gasteiger partial charge in [0.2, 0.25) is 0 Å². The van der Waals surface area contributed by atoms with Crippen LogP contribution in [0.3, 0.4) is 0 Å². The number of hydrogen-bond donors (Lipinski definition) is 1. The van der Waals surface area contributed by atoms with Gasteiger partial charge in [0.15, 0.2) is 0 Å².